The van der Waals surface area contributed by atoms with Crippen LogP contribution in [0.15, 0.2) is 40.1 Å². The number of rotatable bonds is 3. The van der Waals surface area contributed by atoms with Crippen molar-refractivity contribution in [3.05, 3.63) is 56.9 Å². The highest BCUT2D eigenvalue weighted by Crippen LogP contribution is 2.15. The van der Waals surface area contributed by atoms with Crippen LogP contribution in [0.2, 0.25) is 0 Å². The number of carbonyl (C=O) groups excluding carboxylic acids is 2. The van der Waals surface area contributed by atoms with Gasteiger partial charge >= 0.3 is 5.69 Å². The molecule has 0 saturated heterocycles. The molecule has 0 fully saturated rings. The monoisotopic (exact) mass is 288 g/mol. The standard InChI is InChI=1S/C13H12N4O4/c1-7(18)15-8-3-2-4-9(5-8)16-11(19)10-6-14-13(21)17-12(10)20/h2-6H,1H3,(H,15,18)(H,16,19)(H2,14,17,20,21). The second-order valence-corrected chi connectivity index (χ2v) is 4.20. The zero-order chi connectivity index (χ0) is 15.4. The van der Waals surface area contributed by atoms with Crippen molar-refractivity contribution in [2.75, 3.05) is 10.6 Å². The van der Waals surface area contributed by atoms with Gasteiger partial charge in [0.15, 0.2) is 0 Å². The molecule has 2 rings (SSSR count). The minimum atomic E-state index is -0.783. The molecule has 8 heteroatoms. The van der Waals surface area contributed by atoms with Crippen LogP contribution < -0.4 is 21.9 Å². The van der Waals surface area contributed by atoms with Gasteiger partial charge in [0.05, 0.1) is 0 Å². The molecule has 0 unspecified atom stereocenters. The molecule has 0 radical (unpaired) electrons. The molecule has 4 N–H and O–H groups in total. The Morgan fingerprint density at radius 2 is 1.76 bits per heavy atom. The summed E-state index contributed by atoms with van der Waals surface area (Å²) in [6.07, 6.45) is 1.04. The number of aromatic nitrogens is 2. The molecule has 108 valence electrons. The van der Waals surface area contributed by atoms with Crippen LogP contribution in [0.5, 0.6) is 0 Å². The topological polar surface area (TPSA) is 124 Å². The van der Waals surface area contributed by atoms with Crippen molar-refractivity contribution >= 4 is 23.2 Å². The summed E-state index contributed by atoms with van der Waals surface area (Å²) in [6, 6.07) is 6.43. The van der Waals surface area contributed by atoms with E-state index in [2.05, 4.69) is 15.6 Å². The first kappa shape index (κ1) is 14.3. The van der Waals surface area contributed by atoms with Crippen molar-refractivity contribution in [1.29, 1.82) is 0 Å². The van der Waals surface area contributed by atoms with Gasteiger partial charge in [-0.2, -0.15) is 0 Å². The Morgan fingerprint density at radius 3 is 2.38 bits per heavy atom. The maximum Gasteiger partial charge on any atom is 0.325 e. The van der Waals surface area contributed by atoms with E-state index in [0.29, 0.717) is 11.4 Å². The first-order valence-electron chi connectivity index (χ1n) is 5.97. The van der Waals surface area contributed by atoms with Crippen molar-refractivity contribution in [1.82, 2.24) is 9.97 Å². The second kappa shape index (κ2) is 5.87. The van der Waals surface area contributed by atoms with E-state index in [-0.39, 0.29) is 11.5 Å². The quantitative estimate of drug-likeness (QED) is 0.647. The molecular weight excluding hydrogens is 276 g/mol. The molecule has 0 bridgehead atoms. The molecule has 0 aliphatic carbocycles. The molecule has 2 amide bonds. The van der Waals surface area contributed by atoms with Gasteiger partial charge in [0, 0.05) is 24.5 Å². The van der Waals surface area contributed by atoms with Crippen LogP contribution in [-0.4, -0.2) is 21.8 Å². The van der Waals surface area contributed by atoms with E-state index >= 15 is 0 Å². The fraction of sp³-hybridized carbons (Fsp3) is 0.0769. The highest BCUT2D eigenvalue weighted by Gasteiger charge is 2.11. The lowest BCUT2D eigenvalue weighted by Crippen LogP contribution is -2.29. The number of aromatic amines is 2. The Labute approximate surface area is 118 Å². The molecule has 0 aliphatic heterocycles. The lowest BCUT2D eigenvalue weighted by Gasteiger charge is -2.07. The van der Waals surface area contributed by atoms with Crippen LogP contribution in [0.4, 0.5) is 11.4 Å². The lowest BCUT2D eigenvalue weighted by atomic mass is 10.2. The number of benzene rings is 1. The van der Waals surface area contributed by atoms with Crippen LogP contribution in [-0.2, 0) is 4.79 Å². The molecule has 1 aromatic carbocycles. The predicted octanol–water partition coefficient (Wildman–Crippen LogP) is 0.274. The molecular formula is C13H12N4O4. The van der Waals surface area contributed by atoms with Gasteiger partial charge in [-0.25, -0.2) is 4.79 Å². The lowest BCUT2D eigenvalue weighted by molar-refractivity contribution is -0.114. The van der Waals surface area contributed by atoms with E-state index in [9.17, 15) is 19.2 Å². The zero-order valence-electron chi connectivity index (χ0n) is 11.0. The first-order valence-corrected chi connectivity index (χ1v) is 5.97. The average Bonchev–Trinajstić information content (AvgIpc) is 2.37. The largest absolute Gasteiger partial charge is 0.326 e. The Balaban J connectivity index is 2.21. The number of amides is 2. The number of hydrogen-bond donors (Lipinski definition) is 4. The summed E-state index contributed by atoms with van der Waals surface area (Å²) in [5.41, 5.74) is -0.787. The number of H-pyrrole nitrogens is 2. The number of nitrogens with one attached hydrogen (secondary N) is 4. The summed E-state index contributed by atoms with van der Waals surface area (Å²) in [5.74, 6) is -0.914. The van der Waals surface area contributed by atoms with E-state index < -0.39 is 17.2 Å². The number of anilines is 2. The summed E-state index contributed by atoms with van der Waals surface area (Å²) >= 11 is 0. The van der Waals surface area contributed by atoms with Crippen LogP contribution >= 0.6 is 0 Å². The zero-order valence-corrected chi connectivity index (χ0v) is 11.0. The van der Waals surface area contributed by atoms with Crippen LogP contribution in [0.3, 0.4) is 0 Å². The molecule has 1 heterocycles. The van der Waals surface area contributed by atoms with Gasteiger partial charge in [0.2, 0.25) is 5.91 Å². The minimum Gasteiger partial charge on any atom is -0.326 e. The van der Waals surface area contributed by atoms with Crippen molar-refractivity contribution in [2.24, 2.45) is 0 Å². The van der Waals surface area contributed by atoms with E-state index in [1.165, 1.54) is 6.92 Å². The first-order chi connectivity index (χ1) is 9.95. The second-order valence-electron chi connectivity index (χ2n) is 4.20. The Kier molecular flexibility index (Phi) is 3.98. The fourth-order valence-corrected chi connectivity index (χ4v) is 1.65. The van der Waals surface area contributed by atoms with E-state index in [1.807, 2.05) is 4.98 Å². The van der Waals surface area contributed by atoms with Gasteiger partial charge < -0.3 is 15.6 Å². The Morgan fingerprint density at radius 1 is 1.10 bits per heavy atom. The summed E-state index contributed by atoms with van der Waals surface area (Å²) < 4.78 is 0. The van der Waals surface area contributed by atoms with E-state index in [4.69, 9.17) is 0 Å². The summed E-state index contributed by atoms with van der Waals surface area (Å²) in [6.45, 7) is 1.37. The van der Waals surface area contributed by atoms with E-state index in [0.717, 1.165) is 6.20 Å². The Bertz CT molecular complexity index is 806. The van der Waals surface area contributed by atoms with Gasteiger partial charge in [0.1, 0.15) is 5.56 Å². The molecule has 2 aromatic rings. The molecule has 1 aromatic heterocycles. The molecule has 0 aliphatic rings. The number of carbonyl (C=O) groups is 2. The van der Waals surface area contributed by atoms with Crippen molar-refractivity contribution in [2.45, 2.75) is 6.92 Å². The number of hydrogen-bond acceptors (Lipinski definition) is 4. The molecule has 8 nitrogen and oxygen atoms in total. The maximum atomic E-state index is 11.9. The van der Waals surface area contributed by atoms with E-state index in [1.54, 1.807) is 24.3 Å². The third kappa shape index (κ3) is 3.66. The van der Waals surface area contributed by atoms with Crippen LogP contribution in [0.1, 0.15) is 17.3 Å². The highest BCUT2D eigenvalue weighted by atomic mass is 16.2. The molecule has 0 saturated carbocycles. The summed E-state index contributed by atoms with van der Waals surface area (Å²) in [5, 5.41) is 5.07. The van der Waals surface area contributed by atoms with Gasteiger partial charge in [-0.3, -0.25) is 19.4 Å². The minimum absolute atomic E-state index is 0.223. The van der Waals surface area contributed by atoms with Crippen LogP contribution in [0, 0.1) is 0 Å². The molecule has 21 heavy (non-hydrogen) atoms. The highest BCUT2D eigenvalue weighted by molar-refractivity contribution is 6.04. The normalized spacial score (nSPS) is 9.95. The van der Waals surface area contributed by atoms with Gasteiger partial charge in [-0.15, -0.1) is 0 Å². The van der Waals surface area contributed by atoms with Crippen molar-refractivity contribution in [3.63, 3.8) is 0 Å². The molecule has 0 spiro atoms. The average molecular weight is 288 g/mol. The van der Waals surface area contributed by atoms with Crippen molar-refractivity contribution in [3.8, 4) is 0 Å². The Hall–Kier alpha value is -3.16. The summed E-state index contributed by atoms with van der Waals surface area (Å²) in [4.78, 5) is 49.5. The third-order valence-corrected chi connectivity index (χ3v) is 2.50. The van der Waals surface area contributed by atoms with Gasteiger partial charge in [-0.1, -0.05) is 6.07 Å². The maximum absolute atomic E-state index is 11.9. The van der Waals surface area contributed by atoms with Gasteiger partial charge in [-0.05, 0) is 18.2 Å². The van der Waals surface area contributed by atoms with Crippen molar-refractivity contribution < 1.29 is 9.59 Å². The van der Waals surface area contributed by atoms with Crippen LogP contribution in [0.25, 0.3) is 0 Å². The third-order valence-electron chi connectivity index (χ3n) is 2.50. The summed E-state index contributed by atoms with van der Waals surface area (Å²) in [7, 11) is 0. The SMILES string of the molecule is CC(=O)Nc1cccc(NC(=O)c2c[nH]c(=O)[nH]c2=O)c1. The smallest absolute Gasteiger partial charge is 0.325 e. The molecule has 0 atom stereocenters. The van der Waals surface area contributed by atoms with Gasteiger partial charge in [0.25, 0.3) is 11.5 Å². The predicted molar refractivity (Wildman–Crippen MR) is 76.4 cm³/mol. The fourth-order valence-electron chi connectivity index (χ4n) is 1.65.